The normalized spacial score (nSPS) is 13.6. The number of rotatable bonds is 2. The van der Waals surface area contributed by atoms with Gasteiger partial charge in [-0.3, -0.25) is 10.2 Å². The summed E-state index contributed by atoms with van der Waals surface area (Å²) in [6.45, 7) is 1.78. The number of carbonyl (C=O) groups excluding carboxylic acids is 1. The van der Waals surface area contributed by atoms with Gasteiger partial charge in [-0.2, -0.15) is 13.2 Å². The van der Waals surface area contributed by atoms with E-state index in [2.05, 4.69) is 0 Å². The quantitative estimate of drug-likeness (QED) is 0.402. The third kappa shape index (κ3) is 2.89. The van der Waals surface area contributed by atoms with E-state index < -0.39 is 29.0 Å². The first-order chi connectivity index (χ1) is 5.68. The van der Waals surface area contributed by atoms with Crippen molar-refractivity contribution < 1.29 is 23.1 Å². The summed E-state index contributed by atoms with van der Waals surface area (Å²) >= 11 is 0. The van der Waals surface area contributed by atoms with Gasteiger partial charge in [0, 0.05) is 0 Å². The first kappa shape index (κ1) is 11.7. The molecule has 74 valence electrons. The molecular formula is C7H8F3NO2. The summed E-state index contributed by atoms with van der Waals surface area (Å²) in [5, 5.41) is 15.3. The minimum atomic E-state index is -4.91. The van der Waals surface area contributed by atoms with Crippen LogP contribution < -0.4 is 0 Å². The van der Waals surface area contributed by atoms with E-state index in [-0.39, 0.29) is 0 Å². The molecule has 0 bridgehead atoms. The van der Waals surface area contributed by atoms with Crippen LogP contribution in [-0.2, 0) is 4.79 Å². The van der Waals surface area contributed by atoms with Crippen molar-refractivity contribution in [3.63, 3.8) is 0 Å². The zero-order valence-electron chi connectivity index (χ0n) is 6.99. The van der Waals surface area contributed by atoms with Gasteiger partial charge in [-0.05, 0) is 13.8 Å². The first-order valence-electron chi connectivity index (χ1n) is 3.24. The molecule has 0 aliphatic rings. The second-order valence-electron chi connectivity index (χ2n) is 2.39. The number of Topliss-reactive ketones (excluding diaryl/α,β-unsaturated/α-hetero) is 1. The first-order valence-corrected chi connectivity index (χ1v) is 3.24. The maximum absolute atomic E-state index is 11.9. The summed E-state index contributed by atoms with van der Waals surface area (Å²) < 4.78 is 35.7. The van der Waals surface area contributed by atoms with Crippen molar-refractivity contribution in [2.75, 3.05) is 0 Å². The van der Waals surface area contributed by atoms with Gasteiger partial charge in [0.1, 0.15) is 11.5 Å². The third-order valence-corrected chi connectivity index (χ3v) is 1.25. The molecule has 0 amide bonds. The van der Waals surface area contributed by atoms with Crippen molar-refractivity contribution in [3.8, 4) is 0 Å². The number of aliphatic hydroxyl groups excluding tert-OH is 1. The number of carbonyl (C=O) groups is 1. The Balaban J connectivity index is 5.16. The molecule has 0 radical (unpaired) electrons. The predicted octanol–water partition coefficient (Wildman–Crippen LogP) is 1.99. The monoisotopic (exact) mass is 195 g/mol. The highest BCUT2D eigenvalue weighted by Gasteiger charge is 2.39. The Hall–Kier alpha value is -1.33. The Bertz CT molecular complexity index is 274. The molecule has 13 heavy (non-hydrogen) atoms. The van der Waals surface area contributed by atoms with Crippen molar-refractivity contribution in [2.24, 2.45) is 0 Å². The Morgan fingerprint density at radius 2 is 1.69 bits per heavy atom. The summed E-state index contributed by atoms with van der Waals surface area (Å²) in [4.78, 5) is 10.6. The predicted molar refractivity (Wildman–Crippen MR) is 39.8 cm³/mol. The molecule has 0 fully saturated rings. The summed E-state index contributed by atoms with van der Waals surface area (Å²) in [5.74, 6) is -1.78. The number of aliphatic hydroxyl groups is 1. The average Bonchev–Trinajstić information content (AvgIpc) is 1.82. The van der Waals surface area contributed by atoms with Crippen LogP contribution in [0.2, 0.25) is 0 Å². The SMILES string of the molecule is CC(=O)/C(C(=N)C(F)(F)F)=C(\C)O. The number of halogens is 3. The zero-order chi connectivity index (χ0) is 10.8. The number of allylic oxidation sites excluding steroid dienone is 2. The van der Waals surface area contributed by atoms with Crippen molar-refractivity contribution >= 4 is 11.5 Å². The maximum atomic E-state index is 11.9. The van der Waals surface area contributed by atoms with Gasteiger partial charge in [-0.25, -0.2) is 0 Å². The van der Waals surface area contributed by atoms with E-state index >= 15 is 0 Å². The van der Waals surface area contributed by atoms with E-state index in [0.717, 1.165) is 13.8 Å². The van der Waals surface area contributed by atoms with Crippen molar-refractivity contribution in [2.45, 2.75) is 20.0 Å². The fourth-order valence-electron chi connectivity index (χ4n) is 0.753. The highest BCUT2D eigenvalue weighted by Crippen LogP contribution is 2.22. The Morgan fingerprint density at radius 3 is 1.77 bits per heavy atom. The molecule has 0 aliphatic carbocycles. The minimum absolute atomic E-state index is 0.796. The molecule has 0 spiro atoms. The highest BCUT2D eigenvalue weighted by atomic mass is 19.4. The van der Waals surface area contributed by atoms with Crippen LogP contribution in [-0.4, -0.2) is 22.8 Å². The fraction of sp³-hybridized carbons (Fsp3) is 0.429. The van der Waals surface area contributed by atoms with Gasteiger partial charge < -0.3 is 5.11 Å². The fourth-order valence-corrected chi connectivity index (χ4v) is 0.753. The van der Waals surface area contributed by atoms with Gasteiger partial charge in [0.25, 0.3) is 0 Å². The Labute approximate surface area is 72.4 Å². The largest absolute Gasteiger partial charge is 0.512 e. The molecule has 0 aromatic heterocycles. The number of hydrogen-bond donors (Lipinski definition) is 2. The summed E-state index contributed by atoms with van der Waals surface area (Å²) in [5.41, 5.74) is -2.81. The van der Waals surface area contributed by atoms with Crippen molar-refractivity contribution in [1.29, 1.82) is 5.41 Å². The summed E-state index contributed by atoms with van der Waals surface area (Å²) in [7, 11) is 0. The Morgan fingerprint density at radius 1 is 1.31 bits per heavy atom. The van der Waals surface area contributed by atoms with Gasteiger partial charge in [0.15, 0.2) is 5.78 Å². The molecule has 0 saturated carbocycles. The maximum Gasteiger partial charge on any atom is 0.433 e. The van der Waals surface area contributed by atoms with Crippen molar-refractivity contribution in [3.05, 3.63) is 11.3 Å². The van der Waals surface area contributed by atoms with Gasteiger partial charge in [-0.15, -0.1) is 0 Å². The molecule has 0 aromatic carbocycles. The molecular weight excluding hydrogens is 187 g/mol. The number of hydrogen-bond acceptors (Lipinski definition) is 3. The molecule has 6 heteroatoms. The average molecular weight is 195 g/mol. The van der Waals surface area contributed by atoms with E-state index in [1.165, 1.54) is 0 Å². The molecule has 2 N–H and O–H groups in total. The van der Waals surface area contributed by atoms with Crippen LogP contribution in [0.5, 0.6) is 0 Å². The second-order valence-corrected chi connectivity index (χ2v) is 2.39. The van der Waals surface area contributed by atoms with Crippen LogP contribution in [0.4, 0.5) is 13.2 Å². The van der Waals surface area contributed by atoms with E-state index in [0.29, 0.717) is 0 Å². The second kappa shape index (κ2) is 3.59. The van der Waals surface area contributed by atoms with Gasteiger partial charge in [0.2, 0.25) is 0 Å². The number of ketones is 1. The van der Waals surface area contributed by atoms with Gasteiger partial charge >= 0.3 is 6.18 Å². The smallest absolute Gasteiger partial charge is 0.433 e. The number of nitrogens with one attached hydrogen (secondary N) is 1. The minimum Gasteiger partial charge on any atom is -0.512 e. The third-order valence-electron chi connectivity index (χ3n) is 1.25. The number of alkyl halides is 3. The van der Waals surface area contributed by atoms with E-state index in [1.54, 1.807) is 0 Å². The van der Waals surface area contributed by atoms with E-state index in [1.807, 2.05) is 0 Å². The van der Waals surface area contributed by atoms with Gasteiger partial charge in [-0.1, -0.05) is 0 Å². The van der Waals surface area contributed by atoms with Crippen LogP contribution >= 0.6 is 0 Å². The van der Waals surface area contributed by atoms with Crippen LogP contribution in [0, 0.1) is 5.41 Å². The highest BCUT2D eigenvalue weighted by molar-refractivity contribution is 6.22. The lowest BCUT2D eigenvalue weighted by atomic mass is 10.1. The van der Waals surface area contributed by atoms with Crippen molar-refractivity contribution in [1.82, 2.24) is 0 Å². The van der Waals surface area contributed by atoms with Crippen LogP contribution in [0.3, 0.4) is 0 Å². The molecule has 0 unspecified atom stereocenters. The zero-order valence-corrected chi connectivity index (χ0v) is 6.99. The van der Waals surface area contributed by atoms with Gasteiger partial charge in [0.05, 0.1) is 5.57 Å². The van der Waals surface area contributed by atoms with E-state index in [9.17, 15) is 18.0 Å². The lowest BCUT2D eigenvalue weighted by Crippen LogP contribution is -2.27. The van der Waals surface area contributed by atoms with Crippen LogP contribution in [0.25, 0.3) is 0 Å². The summed E-state index contributed by atoms with van der Waals surface area (Å²) in [6, 6.07) is 0. The molecule has 3 nitrogen and oxygen atoms in total. The lowest BCUT2D eigenvalue weighted by Gasteiger charge is -2.10. The standard InChI is InChI=1S/C7H8F3NO2/c1-3(12)5(4(2)13)6(11)7(8,9)10/h11-12H,1-2H3/b5-3-,11-6?. The van der Waals surface area contributed by atoms with E-state index in [4.69, 9.17) is 10.5 Å². The Kier molecular flexibility index (Phi) is 3.22. The lowest BCUT2D eigenvalue weighted by molar-refractivity contribution is -0.114. The molecule has 0 atom stereocenters. The van der Waals surface area contributed by atoms with Crippen LogP contribution in [0.15, 0.2) is 11.3 Å². The molecule has 0 saturated heterocycles. The molecule has 0 aliphatic heterocycles. The topological polar surface area (TPSA) is 61.2 Å². The summed E-state index contributed by atoms with van der Waals surface area (Å²) in [6.07, 6.45) is -4.91. The molecule has 0 rings (SSSR count). The van der Waals surface area contributed by atoms with Crippen LogP contribution in [0.1, 0.15) is 13.8 Å². The molecule has 0 aromatic rings. The molecule has 0 heterocycles.